The molecular weight excluding hydrogens is 260 g/mol. The number of hydrogen-bond acceptors (Lipinski definition) is 2. The van der Waals surface area contributed by atoms with Gasteiger partial charge in [-0.2, -0.15) is 0 Å². The second-order valence-corrected chi connectivity index (χ2v) is 6.65. The van der Waals surface area contributed by atoms with E-state index in [-0.39, 0.29) is 6.10 Å². The first kappa shape index (κ1) is 16.8. The zero-order chi connectivity index (χ0) is 15.0. The van der Waals surface area contributed by atoms with Gasteiger partial charge in [-0.15, -0.1) is 0 Å². The van der Waals surface area contributed by atoms with Crippen molar-refractivity contribution < 1.29 is 9.84 Å². The Morgan fingerprint density at radius 1 is 0.952 bits per heavy atom. The van der Waals surface area contributed by atoms with Gasteiger partial charge in [0.2, 0.25) is 5.79 Å². The molecular formula is C19H32O2. The minimum Gasteiger partial charge on any atom is -0.360 e. The van der Waals surface area contributed by atoms with Gasteiger partial charge in [0.05, 0.1) is 0 Å². The largest absolute Gasteiger partial charge is 0.360 e. The van der Waals surface area contributed by atoms with Crippen molar-refractivity contribution in [2.75, 3.05) is 0 Å². The van der Waals surface area contributed by atoms with Crippen molar-refractivity contribution in [1.82, 2.24) is 0 Å². The molecule has 120 valence electrons. The number of fused-ring (bicyclic) bond motifs is 1. The molecule has 0 aromatic rings. The Labute approximate surface area is 130 Å². The summed E-state index contributed by atoms with van der Waals surface area (Å²) in [5.41, 5.74) is 1.24. The minimum absolute atomic E-state index is 0.0708. The Morgan fingerprint density at radius 2 is 1.52 bits per heavy atom. The van der Waals surface area contributed by atoms with E-state index >= 15 is 0 Å². The molecule has 2 nitrogen and oxygen atoms in total. The van der Waals surface area contributed by atoms with Crippen LogP contribution in [0.1, 0.15) is 84.0 Å². The van der Waals surface area contributed by atoms with E-state index in [1.165, 1.54) is 76.2 Å². The topological polar surface area (TPSA) is 32.8 Å². The molecule has 0 spiro atoms. The molecule has 21 heavy (non-hydrogen) atoms. The summed E-state index contributed by atoms with van der Waals surface area (Å²) in [7, 11) is 0. The van der Waals surface area contributed by atoms with Crippen molar-refractivity contribution in [3.63, 3.8) is 0 Å². The van der Waals surface area contributed by atoms with Gasteiger partial charge in [-0.25, -0.2) is 0 Å². The second kappa shape index (κ2) is 8.75. The number of aliphatic hydroxyl groups is 1. The molecule has 2 heteroatoms. The van der Waals surface area contributed by atoms with Crippen molar-refractivity contribution in [3.05, 3.63) is 23.8 Å². The molecule has 0 aromatic heterocycles. The van der Waals surface area contributed by atoms with E-state index in [1.54, 1.807) is 0 Å². The zero-order valence-electron chi connectivity index (χ0n) is 13.7. The van der Waals surface area contributed by atoms with Crippen molar-refractivity contribution in [2.24, 2.45) is 0 Å². The number of rotatable bonds is 12. The highest BCUT2D eigenvalue weighted by Crippen LogP contribution is 2.40. The van der Waals surface area contributed by atoms with Gasteiger partial charge >= 0.3 is 0 Å². The van der Waals surface area contributed by atoms with Crippen LogP contribution in [0.15, 0.2) is 23.8 Å². The normalized spacial score (nSPS) is 26.6. The fourth-order valence-electron chi connectivity index (χ4n) is 3.14. The summed E-state index contributed by atoms with van der Waals surface area (Å²) in [6, 6.07) is 0. The average Bonchev–Trinajstić information content (AvgIpc) is 3.15. The molecule has 0 saturated carbocycles. The van der Waals surface area contributed by atoms with Gasteiger partial charge < -0.3 is 9.84 Å². The fourth-order valence-corrected chi connectivity index (χ4v) is 3.14. The predicted molar refractivity (Wildman–Crippen MR) is 88.1 cm³/mol. The Kier molecular flexibility index (Phi) is 6.98. The van der Waals surface area contributed by atoms with E-state index in [0.717, 1.165) is 6.42 Å². The van der Waals surface area contributed by atoms with E-state index in [1.807, 2.05) is 12.2 Å². The van der Waals surface area contributed by atoms with E-state index in [0.29, 0.717) is 0 Å². The van der Waals surface area contributed by atoms with Crippen molar-refractivity contribution >= 4 is 0 Å². The first-order chi connectivity index (χ1) is 10.2. The summed E-state index contributed by atoms with van der Waals surface area (Å²) in [4.78, 5) is 0. The van der Waals surface area contributed by atoms with Crippen molar-refractivity contribution in [3.8, 4) is 0 Å². The lowest BCUT2D eigenvalue weighted by molar-refractivity contribution is 0.0818. The molecule has 2 atom stereocenters. The highest BCUT2D eigenvalue weighted by molar-refractivity contribution is 5.34. The summed E-state index contributed by atoms with van der Waals surface area (Å²) in [6.45, 7) is 2.27. The average molecular weight is 292 g/mol. The molecule has 1 heterocycles. The van der Waals surface area contributed by atoms with Gasteiger partial charge in [0.25, 0.3) is 0 Å². The summed E-state index contributed by atoms with van der Waals surface area (Å²) in [5.74, 6) is -0.943. The lowest BCUT2D eigenvalue weighted by atomic mass is 9.99. The van der Waals surface area contributed by atoms with Crippen LogP contribution in [0.2, 0.25) is 0 Å². The van der Waals surface area contributed by atoms with Crippen LogP contribution in [0.5, 0.6) is 0 Å². The Hall–Kier alpha value is -0.600. The van der Waals surface area contributed by atoms with Crippen LogP contribution in [0.4, 0.5) is 0 Å². The third-order valence-electron chi connectivity index (χ3n) is 4.61. The molecule has 1 aliphatic carbocycles. The van der Waals surface area contributed by atoms with Crippen molar-refractivity contribution in [2.45, 2.75) is 95.9 Å². The maximum absolute atomic E-state index is 9.85. The Morgan fingerprint density at radius 3 is 2.10 bits per heavy atom. The number of hydrogen-bond donors (Lipinski definition) is 1. The first-order valence-corrected chi connectivity index (χ1v) is 9.05. The number of unbranched alkanes of at least 4 members (excludes halogenated alkanes) is 10. The number of ether oxygens (including phenoxy) is 1. The molecule has 1 fully saturated rings. The summed E-state index contributed by atoms with van der Waals surface area (Å²) in [5, 5.41) is 9.85. The van der Waals surface area contributed by atoms with E-state index < -0.39 is 5.79 Å². The predicted octanol–water partition coefficient (Wildman–Crippen LogP) is 5.27. The molecule has 1 N–H and O–H groups in total. The van der Waals surface area contributed by atoms with Crippen LogP contribution >= 0.6 is 0 Å². The summed E-state index contributed by atoms with van der Waals surface area (Å²) in [6.07, 6.45) is 22.1. The van der Waals surface area contributed by atoms with Crippen LogP contribution in [0, 0.1) is 0 Å². The molecule has 1 aliphatic heterocycles. The third kappa shape index (κ3) is 5.96. The minimum atomic E-state index is -0.943. The first-order valence-electron chi connectivity index (χ1n) is 9.05. The van der Waals surface area contributed by atoms with Crippen molar-refractivity contribution in [1.29, 1.82) is 0 Å². The standard InChI is InChI=1S/C19H32O2/c1-2-3-4-5-6-7-8-9-10-11-12-13-17-14-15-18-19(20,16-17)21-18/h14-16,18,20H,2-13H2,1H3. The molecule has 2 rings (SSSR count). The molecule has 1 saturated heterocycles. The quantitative estimate of drug-likeness (QED) is 0.392. The summed E-state index contributed by atoms with van der Waals surface area (Å²) >= 11 is 0. The molecule has 0 amide bonds. The lowest BCUT2D eigenvalue weighted by Crippen LogP contribution is -2.12. The molecule has 0 radical (unpaired) electrons. The monoisotopic (exact) mass is 292 g/mol. The highest BCUT2D eigenvalue weighted by atomic mass is 16.7. The van der Waals surface area contributed by atoms with Gasteiger partial charge in [0.15, 0.2) is 0 Å². The Bertz CT molecular complexity index is 359. The van der Waals surface area contributed by atoms with Crippen LogP contribution in [-0.4, -0.2) is 17.0 Å². The molecule has 0 aromatic carbocycles. The maximum Gasteiger partial charge on any atom is 0.217 e. The smallest absolute Gasteiger partial charge is 0.217 e. The lowest BCUT2D eigenvalue weighted by Gasteiger charge is -2.08. The van der Waals surface area contributed by atoms with Gasteiger partial charge in [-0.1, -0.05) is 77.2 Å². The van der Waals surface area contributed by atoms with Crippen LogP contribution in [0.3, 0.4) is 0 Å². The highest BCUT2D eigenvalue weighted by Gasteiger charge is 2.53. The van der Waals surface area contributed by atoms with Crippen LogP contribution in [0.25, 0.3) is 0 Å². The van der Waals surface area contributed by atoms with Crippen LogP contribution < -0.4 is 0 Å². The van der Waals surface area contributed by atoms with Crippen LogP contribution in [-0.2, 0) is 4.74 Å². The van der Waals surface area contributed by atoms with E-state index in [9.17, 15) is 5.11 Å². The van der Waals surface area contributed by atoms with Gasteiger partial charge in [0, 0.05) is 0 Å². The second-order valence-electron chi connectivity index (χ2n) is 6.65. The molecule has 2 unspecified atom stereocenters. The molecule has 2 aliphatic rings. The SMILES string of the molecule is CCCCCCCCCCCCCC1=CC2(O)OC2C=C1. The third-order valence-corrected chi connectivity index (χ3v) is 4.61. The maximum atomic E-state index is 9.85. The molecule has 0 bridgehead atoms. The fraction of sp³-hybridized carbons (Fsp3) is 0.789. The van der Waals surface area contributed by atoms with E-state index in [2.05, 4.69) is 13.0 Å². The van der Waals surface area contributed by atoms with E-state index in [4.69, 9.17) is 4.74 Å². The Balaban J connectivity index is 1.38. The van der Waals surface area contributed by atoms with Gasteiger partial charge in [-0.3, -0.25) is 0 Å². The number of epoxide rings is 1. The number of allylic oxidation sites excluding steroid dienone is 2. The zero-order valence-corrected chi connectivity index (χ0v) is 13.7. The summed E-state index contributed by atoms with van der Waals surface area (Å²) < 4.78 is 5.19. The van der Waals surface area contributed by atoms with Gasteiger partial charge in [-0.05, 0) is 30.6 Å². The van der Waals surface area contributed by atoms with Gasteiger partial charge in [0.1, 0.15) is 6.10 Å².